The SMILES string of the molecule is CC1=Cc2ccccc2[CH]1[Zr+2]1([CH]2C(C)=Cc3ccccc32)=[Si]2CC[Si]=1CC2.[Cl-].[Cl-]. The zero-order valence-corrected chi connectivity index (χ0v) is 23.0. The number of hydrogen-bond acceptors (Lipinski definition) is 0. The van der Waals surface area contributed by atoms with Crippen molar-refractivity contribution in [3.63, 3.8) is 0 Å². The molecule has 5 heteroatoms. The topological polar surface area (TPSA) is 0 Å². The van der Waals surface area contributed by atoms with E-state index in [1.54, 1.807) is 57.6 Å². The van der Waals surface area contributed by atoms with Crippen LogP contribution in [0.4, 0.5) is 0 Å². The number of halogens is 2. The zero-order chi connectivity index (χ0) is 18.2. The van der Waals surface area contributed by atoms with Crippen LogP contribution < -0.4 is 24.8 Å². The maximum absolute atomic E-state index is 2.57. The largest absolute Gasteiger partial charge is 1.00 e. The second-order valence-corrected chi connectivity index (χ2v) is 43.7. The van der Waals surface area contributed by atoms with Gasteiger partial charge in [-0.3, -0.25) is 0 Å². The van der Waals surface area contributed by atoms with E-state index < -0.39 is 17.5 Å². The van der Waals surface area contributed by atoms with Gasteiger partial charge in [0.05, 0.1) is 0 Å². The maximum Gasteiger partial charge on any atom is -1.00 e. The monoisotopic (exact) mass is 530 g/mol. The number of rotatable bonds is 2. The summed E-state index contributed by atoms with van der Waals surface area (Å²) in [4.78, 5) is 0. The average molecular weight is 533 g/mol. The standard InChI is InChI=1S/2C10H9.C4H8Si2.2ClH.Zr/c2*1-8-6-9-4-2-3-5-10(9)7-8;1-2-6-4-3-5-1;;;/h2*2-7H,1H3;1-4H2;2*1H;/q;;;;;+2/p-2. The van der Waals surface area contributed by atoms with E-state index in [0.717, 1.165) is 7.25 Å². The van der Waals surface area contributed by atoms with Crippen LogP contribution in [-0.4, -0.2) is 10.9 Å². The molecule has 29 heavy (non-hydrogen) atoms. The molecule has 148 valence electrons. The fourth-order valence-electron chi connectivity index (χ4n) is 7.08. The molecule has 2 unspecified atom stereocenters. The fourth-order valence-corrected chi connectivity index (χ4v) is 90.5. The third-order valence-electron chi connectivity index (χ3n) is 7.83. The number of allylic oxidation sites excluding steroid dienone is 2. The van der Waals surface area contributed by atoms with Crippen LogP contribution in [0.2, 0.25) is 24.2 Å². The van der Waals surface area contributed by atoms with E-state index in [0.29, 0.717) is 0 Å². The minimum absolute atomic E-state index is 0. The molecule has 0 saturated heterocycles. The molecule has 0 nitrogen and oxygen atoms in total. The van der Waals surface area contributed by atoms with Crippen molar-refractivity contribution in [2.75, 3.05) is 0 Å². The van der Waals surface area contributed by atoms with Gasteiger partial charge in [0.1, 0.15) is 0 Å². The van der Waals surface area contributed by atoms with E-state index in [2.05, 4.69) is 74.5 Å². The third kappa shape index (κ3) is 2.91. The van der Waals surface area contributed by atoms with Crippen molar-refractivity contribution in [1.29, 1.82) is 0 Å². The van der Waals surface area contributed by atoms with Gasteiger partial charge in [-0.2, -0.15) is 0 Å². The normalized spacial score (nSPS) is 22.8. The van der Waals surface area contributed by atoms with Gasteiger partial charge in [0.25, 0.3) is 0 Å². The first-order valence-corrected chi connectivity index (χ1v) is 24.5. The van der Waals surface area contributed by atoms with Crippen molar-refractivity contribution in [2.45, 2.75) is 45.3 Å². The van der Waals surface area contributed by atoms with Gasteiger partial charge in [0.15, 0.2) is 0 Å². The quantitative estimate of drug-likeness (QED) is 0.494. The summed E-state index contributed by atoms with van der Waals surface area (Å²) in [6, 6.07) is 25.6. The Morgan fingerprint density at radius 2 is 1.03 bits per heavy atom. The zero-order valence-electron chi connectivity index (χ0n) is 17.0. The molecular formula is C24H26Cl2Si2Zr. The van der Waals surface area contributed by atoms with Crippen molar-refractivity contribution in [2.24, 2.45) is 0 Å². The minimum atomic E-state index is -2.45. The molecule has 0 saturated carbocycles. The number of benzene rings is 2. The molecule has 0 amide bonds. The van der Waals surface area contributed by atoms with Gasteiger partial charge in [0.2, 0.25) is 0 Å². The van der Waals surface area contributed by atoms with Crippen LogP contribution in [0.1, 0.15) is 43.4 Å². The summed E-state index contributed by atoms with van der Waals surface area (Å²) in [5.74, 6) is 0. The van der Waals surface area contributed by atoms with Crippen LogP contribution in [0.25, 0.3) is 12.2 Å². The summed E-state index contributed by atoms with van der Waals surface area (Å²) in [6.45, 7) is 4.98. The Bertz CT molecular complexity index is 1090. The molecule has 0 N–H and O–H groups in total. The van der Waals surface area contributed by atoms with Crippen LogP contribution in [-0.2, 0) is 17.5 Å². The van der Waals surface area contributed by atoms with E-state index in [-0.39, 0.29) is 35.7 Å². The summed E-state index contributed by atoms with van der Waals surface area (Å²) >= 11 is -2.45. The van der Waals surface area contributed by atoms with Crippen molar-refractivity contribution < 1.29 is 42.3 Å². The molecule has 2 aliphatic carbocycles. The van der Waals surface area contributed by atoms with Crippen LogP contribution in [0.15, 0.2) is 59.7 Å². The van der Waals surface area contributed by atoms with E-state index >= 15 is 0 Å². The Morgan fingerprint density at radius 3 is 1.45 bits per heavy atom. The van der Waals surface area contributed by atoms with Gasteiger partial charge in [-0.1, -0.05) is 0 Å². The molecular weight excluding hydrogens is 507 g/mol. The number of fused-ring (bicyclic) bond motifs is 2. The Morgan fingerprint density at radius 1 is 0.655 bits per heavy atom. The fraction of sp³-hybridized carbons (Fsp3) is 0.333. The molecule has 2 aliphatic heterocycles. The Balaban J connectivity index is 0.00000102. The molecule has 0 radical (unpaired) electrons. The Kier molecular flexibility index (Phi) is 6.12. The van der Waals surface area contributed by atoms with Gasteiger partial charge in [-0.15, -0.1) is 0 Å². The summed E-state index contributed by atoms with van der Waals surface area (Å²) in [6.07, 6.45) is 5.14. The second-order valence-electron chi connectivity index (χ2n) is 8.98. The summed E-state index contributed by atoms with van der Waals surface area (Å²) in [5.41, 5.74) is 9.87. The van der Waals surface area contributed by atoms with Gasteiger partial charge < -0.3 is 24.8 Å². The van der Waals surface area contributed by atoms with Gasteiger partial charge >= 0.3 is 168 Å². The van der Waals surface area contributed by atoms with Crippen molar-refractivity contribution in [3.8, 4) is 0 Å². The smallest absolute Gasteiger partial charge is 1.00 e. The predicted octanol–water partition coefficient (Wildman–Crippen LogP) is 0.475. The predicted molar refractivity (Wildman–Crippen MR) is 116 cm³/mol. The molecule has 0 fully saturated rings. The van der Waals surface area contributed by atoms with Gasteiger partial charge in [-0.25, -0.2) is 0 Å². The van der Waals surface area contributed by atoms with Crippen LogP contribution in [0.5, 0.6) is 0 Å². The molecule has 6 rings (SSSR count). The summed E-state index contributed by atoms with van der Waals surface area (Å²) in [7, 11) is 0. The van der Waals surface area contributed by atoms with E-state index in [1.807, 2.05) is 0 Å². The van der Waals surface area contributed by atoms with Crippen LogP contribution >= 0.6 is 0 Å². The molecule has 2 bridgehead atoms. The van der Waals surface area contributed by atoms with Gasteiger partial charge in [-0.05, 0) is 0 Å². The van der Waals surface area contributed by atoms with E-state index in [9.17, 15) is 0 Å². The summed E-state index contributed by atoms with van der Waals surface area (Å²) in [5, 5.41) is 0. The van der Waals surface area contributed by atoms with Crippen LogP contribution in [0, 0.1) is 0 Å². The molecule has 0 aromatic heterocycles. The Hall–Kier alpha value is -0.183. The molecule has 2 heterocycles. The number of hydrogen-bond donors (Lipinski definition) is 0. The van der Waals surface area contributed by atoms with Gasteiger partial charge in [0, 0.05) is 0 Å². The first-order chi connectivity index (χ1) is 13.2. The average Bonchev–Trinajstić information content (AvgIpc) is 3.39. The first kappa shape index (κ1) is 22.0. The third-order valence-corrected chi connectivity index (χ3v) is 66.8. The summed E-state index contributed by atoms with van der Waals surface area (Å²) < 4.78 is 1.78. The minimum Gasteiger partial charge on any atom is -1.00 e. The molecule has 2 aromatic rings. The molecule has 2 aromatic carbocycles. The second kappa shape index (κ2) is 8.06. The van der Waals surface area contributed by atoms with E-state index in [1.165, 1.54) is 0 Å². The van der Waals surface area contributed by atoms with Crippen molar-refractivity contribution in [1.82, 2.24) is 0 Å². The van der Waals surface area contributed by atoms with Crippen molar-refractivity contribution >= 4 is 23.0 Å². The molecule has 0 spiro atoms. The Labute approximate surface area is 191 Å². The first-order valence-electron chi connectivity index (χ1n) is 10.5. The molecule has 2 atom stereocenters. The van der Waals surface area contributed by atoms with Crippen molar-refractivity contribution in [3.05, 3.63) is 81.9 Å². The van der Waals surface area contributed by atoms with Crippen LogP contribution in [0.3, 0.4) is 0 Å². The maximum atomic E-state index is 2.57. The van der Waals surface area contributed by atoms with E-state index in [4.69, 9.17) is 0 Å². The molecule has 4 aliphatic rings.